The van der Waals surface area contributed by atoms with Gasteiger partial charge in [-0.15, -0.1) is 0 Å². The van der Waals surface area contributed by atoms with E-state index in [0.717, 1.165) is 44.0 Å². The lowest BCUT2D eigenvalue weighted by molar-refractivity contribution is 0.237. The molecule has 0 spiro atoms. The Hall–Kier alpha value is -1.22. The Morgan fingerprint density at radius 2 is 1.90 bits per heavy atom. The van der Waals surface area contributed by atoms with Crippen LogP contribution in [-0.4, -0.2) is 19.8 Å². The lowest BCUT2D eigenvalue weighted by Gasteiger charge is -2.15. The number of hydrogen-bond donors (Lipinski definition) is 1. The maximum atomic E-state index is 5.88. The van der Waals surface area contributed by atoms with Crippen molar-refractivity contribution >= 4 is 0 Å². The summed E-state index contributed by atoms with van der Waals surface area (Å²) in [5.74, 6) is 2.27. The minimum Gasteiger partial charge on any atom is -0.490 e. The third kappa shape index (κ3) is 5.83. The number of ether oxygens (including phenoxy) is 2. The summed E-state index contributed by atoms with van der Waals surface area (Å²) in [5.41, 5.74) is 1.23. The van der Waals surface area contributed by atoms with Crippen LogP contribution in [0, 0.1) is 5.92 Å². The lowest BCUT2D eigenvalue weighted by atomic mass is 10.1. The Bertz CT molecular complexity index is 379. The second-order valence-corrected chi connectivity index (χ2v) is 5.22. The van der Waals surface area contributed by atoms with Crippen LogP contribution < -0.4 is 14.8 Å². The van der Waals surface area contributed by atoms with Crippen molar-refractivity contribution in [2.75, 3.05) is 19.8 Å². The van der Waals surface area contributed by atoms with Gasteiger partial charge in [0.05, 0.1) is 13.2 Å². The van der Waals surface area contributed by atoms with E-state index in [1.54, 1.807) is 0 Å². The van der Waals surface area contributed by atoms with Crippen LogP contribution in [0.15, 0.2) is 18.2 Å². The summed E-state index contributed by atoms with van der Waals surface area (Å²) < 4.78 is 11.6. The fourth-order valence-corrected chi connectivity index (χ4v) is 1.81. The Morgan fingerprint density at radius 3 is 2.55 bits per heavy atom. The summed E-state index contributed by atoms with van der Waals surface area (Å²) in [4.78, 5) is 0. The van der Waals surface area contributed by atoms with Gasteiger partial charge in [-0.05, 0) is 43.5 Å². The quantitative estimate of drug-likeness (QED) is 0.656. The zero-order valence-electron chi connectivity index (χ0n) is 13.4. The largest absolute Gasteiger partial charge is 0.490 e. The van der Waals surface area contributed by atoms with Crippen LogP contribution in [0.4, 0.5) is 0 Å². The van der Waals surface area contributed by atoms with Gasteiger partial charge in [0.25, 0.3) is 0 Å². The second-order valence-electron chi connectivity index (χ2n) is 5.22. The molecule has 0 radical (unpaired) electrons. The first kappa shape index (κ1) is 16.8. The Morgan fingerprint density at radius 1 is 1.10 bits per heavy atom. The van der Waals surface area contributed by atoms with E-state index in [1.165, 1.54) is 5.56 Å². The SMILES string of the molecule is CCCNCc1ccc(OCC(C)CC)c(OCC)c1. The van der Waals surface area contributed by atoms with Crippen LogP contribution >= 0.6 is 0 Å². The van der Waals surface area contributed by atoms with E-state index in [1.807, 2.05) is 13.0 Å². The highest BCUT2D eigenvalue weighted by Gasteiger charge is 2.08. The highest BCUT2D eigenvalue weighted by molar-refractivity contribution is 5.43. The third-order valence-corrected chi connectivity index (χ3v) is 3.28. The van der Waals surface area contributed by atoms with Gasteiger partial charge in [-0.25, -0.2) is 0 Å². The molecule has 0 aliphatic heterocycles. The van der Waals surface area contributed by atoms with Gasteiger partial charge >= 0.3 is 0 Å². The number of nitrogens with one attached hydrogen (secondary N) is 1. The third-order valence-electron chi connectivity index (χ3n) is 3.28. The van der Waals surface area contributed by atoms with Crippen LogP contribution in [0.5, 0.6) is 11.5 Å². The molecule has 0 saturated carbocycles. The van der Waals surface area contributed by atoms with Gasteiger partial charge in [-0.1, -0.05) is 33.3 Å². The molecule has 1 rings (SSSR count). The molecule has 3 nitrogen and oxygen atoms in total. The van der Waals surface area contributed by atoms with Gasteiger partial charge in [0.15, 0.2) is 11.5 Å². The van der Waals surface area contributed by atoms with Gasteiger partial charge in [-0.2, -0.15) is 0 Å². The molecule has 1 atom stereocenters. The van der Waals surface area contributed by atoms with Gasteiger partial charge < -0.3 is 14.8 Å². The molecule has 0 fully saturated rings. The van der Waals surface area contributed by atoms with Crippen molar-refractivity contribution in [3.8, 4) is 11.5 Å². The molecular formula is C17H29NO2. The Kier molecular flexibility index (Phi) is 8.12. The van der Waals surface area contributed by atoms with Crippen LogP contribution in [0.2, 0.25) is 0 Å². The maximum Gasteiger partial charge on any atom is 0.161 e. The van der Waals surface area contributed by atoms with Gasteiger partial charge in [-0.3, -0.25) is 0 Å². The molecule has 0 aliphatic rings. The van der Waals surface area contributed by atoms with Crippen molar-refractivity contribution in [3.63, 3.8) is 0 Å². The molecule has 1 aromatic carbocycles. The molecule has 20 heavy (non-hydrogen) atoms. The standard InChI is InChI=1S/C17H29NO2/c1-5-10-18-12-15-8-9-16(17(11-15)19-7-3)20-13-14(4)6-2/h8-9,11,14,18H,5-7,10,12-13H2,1-4H3. The van der Waals surface area contributed by atoms with Crippen molar-refractivity contribution in [2.45, 2.75) is 47.1 Å². The zero-order chi connectivity index (χ0) is 14.8. The van der Waals surface area contributed by atoms with Crippen LogP contribution in [0.25, 0.3) is 0 Å². The molecule has 0 saturated heterocycles. The predicted molar refractivity (Wildman–Crippen MR) is 84.6 cm³/mol. The molecule has 0 heterocycles. The van der Waals surface area contributed by atoms with E-state index in [4.69, 9.17) is 9.47 Å². The molecule has 0 aliphatic carbocycles. The molecule has 0 bridgehead atoms. The van der Waals surface area contributed by atoms with Crippen molar-refractivity contribution < 1.29 is 9.47 Å². The van der Waals surface area contributed by atoms with E-state index in [0.29, 0.717) is 12.5 Å². The normalized spacial score (nSPS) is 12.2. The summed E-state index contributed by atoms with van der Waals surface area (Å²) in [5, 5.41) is 3.40. The van der Waals surface area contributed by atoms with Crippen molar-refractivity contribution in [1.82, 2.24) is 5.32 Å². The number of rotatable bonds is 10. The monoisotopic (exact) mass is 279 g/mol. The minimum absolute atomic E-state index is 0.565. The first-order chi connectivity index (χ1) is 9.71. The maximum absolute atomic E-state index is 5.88. The van der Waals surface area contributed by atoms with Gasteiger partial charge in [0.1, 0.15) is 0 Å². The number of benzene rings is 1. The van der Waals surface area contributed by atoms with Crippen LogP contribution in [-0.2, 0) is 6.54 Å². The van der Waals surface area contributed by atoms with Crippen molar-refractivity contribution in [2.24, 2.45) is 5.92 Å². The molecule has 114 valence electrons. The Balaban J connectivity index is 2.68. The van der Waals surface area contributed by atoms with Crippen molar-refractivity contribution in [3.05, 3.63) is 23.8 Å². The highest BCUT2D eigenvalue weighted by Crippen LogP contribution is 2.29. The number of hydrogen-bond acceptors (Lipinski definition) is 3. The summed E-state index contributed by atoms with van der Waals surface area (Å²) in [6.07, 6.45) is 2.28. The Labute approximate surface area is 123 Å². The van der Waals surface area contributed by atoms with Crippen LogP contribution in [0.3, 0.4) is 0 Å². The van der Waals surface area contributed by atoms with E-state index in [2.05, 4.69) is 38.2 Å². The topological polar surface area (TPSA) is 30.5 Å². The fraction of sp³-hybridized carbons (Fsp3) is 0.647. The van der Waals surface area contributed by atoms with E-state index in [-0.39, 0.29) is 0 Å². The summed E-state index contributed by atoms with van der Waals surface area (Å²) in [7, 11) is 0. The summed E-state index contributed by atoms with van der Waals surface area (Å²) in [6, 6.07) is 6.21. The molecule has 1 aromatic rings. The first-order valence-corrected chi connectivity index (χ1v) is 7.80. The van der Waals surface area contributed by atoms with E-state index >= 15 is 0 Å². The average molecular weight is 279 g/mol. The molecule has 3 heteroatoms. The zero-order valence-corrected chi connectivity index (χ0v) is 13.4. The minimum atomic E-state index is 0.565. The van der Waals surface area contributed by atoms with E-state index < -0.39 is 0 Å². The predicted octanol–water partition coefficient (Wildman–Crippen LogP) is 4.01. The molecule has 1 N–H and O–H groups in total. The second kappa shape index (κ2) is 9.65. The van der Waals surface area contributed by atoms with Crippen molar-refractivity contribution in [1.29, 1.82) is 0 Å². The van der Waals surface area contributed by atoms with Crippen LogP contribution in [0.1, 0.15) is 46.1 Å². The molecular weight excluding hydrogens is 250 g/mol. The average Bonchev–Trinajstić information content (AvgIpc) is 2.46. The highest BCUT2D eigenvalue weighted by atomic mass is 16.5. The molecule has 0 amide bonds. The molecule has 0 aromatic heterocycles. The first-order valence-electron chi connectivity index (χ1n) is 7.80. The summed E-state index contributed by atoms with van der Waals surface area (Å²) in [6.45, 7) is 11.9. The molecule has 1 unspecified atom stereocenters. The van der Waals surface area contributed by atoms with E-state index in [9.17, 15) is 0 Å². The smallest absolute Gasteiger partial charge is 0.161 e. The fourth-order valence-electron chi connectivity index (χ4n) is 1.81. The van der Waals surface area contributed by atoms with Gasteiger partial charge in [0, 0.05) is 6.54 Å². The van der Waals surface area contributed by atoms with Gasteiger partial charge in [0.2, 0.25) is 0 Å². The summed E-state index contributed by atoms with van der Waals surface area (Å²) >= 11 is 0. The lowest BCUT2D eigenvalue weighted by Crippen LogP contribution is -2.14.